The molecule has 0 fully saturated rings. The number of rotatable bonds is 9. The van der Waals surface area contributed by atoms with E-state index in [1.807, 2.05) is 24.3 Å². The standard InChI is InChI=1S/C19H22N2O7S2/c1-26-17-8-4-14(5-9-17)12-21-18-10-15(6-7-16(18)11-20-21)19(28-30(3,24)25)13-27-29(2,22)23/h4-11,19H,12-13H2,1-3H3/t19-/m1/s1. The van der Waals surface area contributed by atoms with E-state index in [9.17, 15) is 16.8 Å². The fraction of sp³-hybridized carbons (Fsp3) is 0.316. The minimum absolute atomic E-state index is 0.452. The SMILES string of the molecule is COc1ccc(Cn2ncc3ccc([C@@H](COS(C)(=O)=O)OS(C)(=O)=O)cc32)cc1. The van der Waals surface area contributed by atoms with Gasteiger partial charge in [0, 0.05) is 5.39 Å². The van der Waals surface area contributed by atoms with Gasteiger partial charge >= 0.3 is 0 Å². The number of fused-ring (bicyclic) bond motifs is 1. The molecule has 30 heavy (non-hydrogen) atoms. The van der Waals surface area contributed by atoms with Crippen LogP contribution < -0.4 is 4.74 Å². The molecule has 0 amide bonds. The molecule has 0 aliphatic heterocycles. The molecule has 0 aliphatic carbocycles. The van der Waals surface area contributed by atoms with Gasteiger partial charge in [-0.05, 0) is 29.3 Å². The summed E-state index contributed by atoms with van der Waals surface area (Å²) in [6.45, 7) is 0.0123. The van der Waals surface area contributed by atoms with Gasteiger partial charge in [0.1, 0.15) is 11.9 Å². The molecule has 0 N–H and O–H groups in total. The van der Waals surface area contributed by atoms with Crippen molar-refractivity contribution in [1.29, 1.82) is 0 Å². The van der Waals surface area contributed by atoms with E-state index in [0.29, 0.717) is 12.1 Å². The normalized spacial score (nSPS) is 13.4. The van der Waals surface area contributed by atoms with Gasteiger partial charge in [0.15, 0.2) is 0 Å². The average Bonchev–Trinajstić information content (AvgIpc) is 3.06. The van der Waals surface area contributed by atoms with E-state index < -0.39 is 32.9 Å². The van der Waals surface area contributed by atoms with Gasteiger partial charge in [-0.25, -0.2) is 0 Å². The third-order valence-electron chi connectivity index (χ3n) is 4.26. The highest BCUT2D eigenvalue weighted by Crippen LogP contribution is 2.26. The lowest BCUT2D eigenvalue weighted by atomic mass is 10.1. The van der Waals surface area contributed by atoms with Crippen LogP contribution in [-0.4, -0.2) is 52.8 Å². The number of ether oxygens (including phenoxy) is 1. The minimum Gasteiger partial charge on any atom is -0.497 e. The lowest BCUT2D eigenvalue weighted by Gasteiger charge is -2.16. The Hall–Kier alpha value is -2.47. The summed E-state index contributed by atoms with van der Waals surface area (Å²) in [5.74, 6) is 0.748. The Kier molecular flexibility index (Phi) is 6.46. The molecule has 0 spiro atoms. The number of hydrogen-bond acceptors (Lipinski definition) is 8. The summed E-state index contributed by atoms with van der Waals surface area (Å²) in [4.78, 5) is 0. The van der Waals surface area contributed by atoms with E-state index in [0.717, 1.165) is 34.7 Å². The summed E-state index contributed by atoms with van der Waals surface area (Å²) in [6, 6.07) is 12.7. The van der Waals surface area contributed by atoms with E-state index >= 15 is 0 Å². The first-order valence-electron chi connectivity index (χ1n) is 8.85. The Morgan fingerprint density at radius 3 is 2.30 bits per heavy atom. The van der Waals surface area contributed by atoms with E-state index in [2.05, 4.69) is 5.10 Å². The molecule has 1 aromatic heterocycles. The van der Waals surface area contributed by atoms with Gasteiger partial charge in [0.25, 0.3) is 20.2 Å². The van der Waals surface area contributed by atoms with Crippen molar-refractivity contribution in [3.8, 4) is 5.75 Å². The molecule has 0 saturated heterocycles. The van der Waals surface area contributed by atoms with Crippen LogP contribution in [0.1, 0.15) is 17.2 Å². The molecule has 0 bridgehead atoms. The van der Waals surface area contributed by atoms with Crippen molar-refractivity contribution in [3.05, 3.63) is 59.8 Å². The molecular formula is C19H22N2O7S2. The maximum absolute atomic E-state index is 11.7. The second-order valence-corrected chi connectivity index (χ2v) is 9.99. The lowest BCUT2D eigenvalue weighted by molar-refractivity contribution is 0.141. The molecule has 2 aromatic carbocycles. The summed E-state index contributed by atoms with van der Waals surface area (Å²) >= 11 is 0. The van der Waals surface area contributed by atoms with Crippen molar-refractivity contribution in [2.45, 2.75) is 12.6 Å². The van der Waals surface area contributed by atoms with Crippen molar-refractivity contribution in [3.63, 3.8) is 0 Å². The van der Waals surface area contributed by atoms with E-state index in [4.69, 9.17) is 13.1 Å². The molecule has 1 heterocycles. The van der Waals surface area contributed by atoms with Gasteiger partial charge in [0.2, 0.25) is 0 Å². The van der Waals surface area contributed by atoms with Crippen molar-refractivity contribution >= 4 is 31.1 Å². The fourth-order valence-electron chi connectivity index (χ4n) is 2.89. The fourth-order valence-corrected chi connectivity index (χ4v) is 3.85. The van der Waals surface area contributed by atoms with Crippen molar-refractivity contribution in [2.24, 2.45) is 0 Å². The number of methoxy groups -OCH3 is 1. The quantitative estimate of drug-likeness (QED) is 0.452. The van der Waals surface area contributed by atoms with E-state index in [-0.39, 0.29) is 0 Å². The van der Waals surface area contributed by atoms with Crippen LogP contribution in [0.2, 0.25) is 0 Å². The highest BCUT2D eigenvalue weighted by atomic mass is 32.2. The monoisotopic (exact) mass is 454 g/mol. The van der Waals surface area contributed by atoms with Gasteiger partial charge in [-0.15, -0.1) is 0 Å². The molecule has 3 aromatic rings. The van der Waals surface area contributed by atoms with Crippen LogP contribution in [0.5, 0.6) is 5.75 Å². The van der Waals surface area contributed by atoms with Gasteiger partial charge in [-0.3, -0.25) is 13.0 Å². The van der Waals surface area contributed by atoms with Gasteiger partial charge in [-0.2, -0.15) is 21.9 Å². The molecule has 0 aliphatic rings. The zero-order valence-corrected chi connectivity index (χ0v) is 18.3. The topological polar surface area (TPSA) is 114 Å². The zero-order chi connectivity index (χ0) is 21.9. The number of aromatic nitrogens is 2. The predicted octanol–water partition coefficient (Wildman–Crippen LogP) is 2.09. The molecular weight excluding hydrogens is 432 g/mol. The lowest BCUT2D eigenvalue weighted by Crippen LogP contribution is -2.18. The first-order chi connectivity index (χ1) is 14.0. The van der Waals surface area contributed by atoms with Crippen molar-refractivity contribution in [2.75, 3.05) is 26.2 Å². The van der Waals surface area contributed by atoms with Gasteiger partial charge in [0.05, 0.1) is 44.5 Å². The average molecular weight is 455 g/mol. The van der Waals surface area contributed by atoms with Crippen molar-refractivity contribution < 1.29 is 29.9 Å². The molecule has 9 nitrogen and oxygen atoms in total. The van der Waals surface area contributed by atoms with Crippen LogP contribution >= 0.6 is 0 Å². The van der Waals surface area contributed by atoms with Gasteiger partial charge in [-0.1, -0.05) is 24.3 Å². The highest BCUT2D eigenvalue weighted by molar-refractivity contribution is 7.86. The predicted molar refractivity (Wildman–Crippen MR) is 111 cm³/mol. The molecule has 0 saturated carbocycles. The number of benzene rings is 2. The van der Waals surface area contributed by atoms with E-state index in [1.54, 1.807) is 36.2 Å². The summed E-state index contributed by atoms with van der Waals surface area (Å²) in [5.41, 5.74) is 2.19. The molecule has 0 radical (unpaired) electrons. The zero-order valence-electron chi connectivity index (χ0n) is 16.7. The van der Waals surface area contributed by atoms with Gasteiger partial charge < -0.3 is 4.74 Å². The maximum atomic E-state index is 11.7. The third-order valence-corrected chi connectivity index (χ3v) is 5.40. The first-order valence-corrected chi connectivity index (χ1v) is 12.5. The summed E-state index contributed by atoms with van der Waals surface area (Å²) in [5, 5.41) is 5.23. The molecule has 1 atom stereocenters. The Balaban J connectivity index is 1.93. The second-order valence-electron chi connectivity index (χ2n) is 6.75. The van der Waals surface area contributed by atoms with Crippen LogP contribution in [0.4, 0.5) is 0 Å². The number of hydrogen-bond donors (Lipinski definition) is 0. The Morgan fingerprint density at radius 2 is 1.70 bits per heavy atom. The van der Waals surface area contributed by atoms with Crippen LogP contribution in [0.25, 0.3) is 10.9 Å². The summed E-state index contributed by atoms with van der Waals surface area (Å²) in [6.07, 6.45) is 2.36. The van der Waals surface area contributed by atoms with Crippen LogP contribution in [-0.2, 0) is 35.1 Å². The highest BCUT2D eigenvalue weighted by Gasteiger charge is 2.21. The molecule has 162 valence electrons. The third kappa shape index (κ3) is 6.02. The van der Waals surface area contributed by atoms with E-state index in [1.165, 1.54) is 0 Å². The Morgan fingerprint density at radius 1 is 1.00 bits per heavy atom. The van der Waals surface area contributed by atoms with Crippen LogP contribution in [0.3, 0.4) is 0 Å². The van der Waals surface area contributed by atoms with Crippen LogP contribution in [0.15, 0.2) is 48.7 Å². The minimum atomic E-state index is -3.85. The largest absolute Gasteiger partial charge is 0.497 e. The maximum Gasteiger partial charge on any atom is 0.265 e. The Labute approximate surface area is 175 Å². The molecule has 0 unspecified atom stereocenters. The van der Waals surface area contributed by atoms with Crippen molar-refractivity contribution in [1.82, 2.24) is 9.78 Å². The summed E-state index contributed by atoms with van der Waals surface area (Å²) in [7, 11) is -6.03. The molecule has 3 rings (SSSR count). The van der Waals surface area contributed by atoms with Crippen LogP contribution in [0, 0.1) is 0 Å². The second kappa shape index (κ2) is 8.72. The molecule has 11 heteroatoms. The number of nitrogens with zero attached hydrogens (tertiary/aromatic N) is 2. The Bertz CT molecular complexity index is 1230. The smallest absolute Gasteiger partial charge is 0.265 e. The summed E-state index contributed by atoms with van der Waals surface area (Å²) < 4.78 is 62.8. The first kappa shape index (κ1) is 22.2.